The van der Waals surface area contributed by atoms with E-state index in [0.29, 0.717) is 0 Å². The van der Waals surface area contributed by atoms with Gasteiger partial charge in [-0.3, -0.25) is 0 Å². The van der Waals surface area contributed by atoms with Crippen molar-refractivity contribution < 1.29 is 0 Å². The van der Waals surface area contributed by atoms with Gasteiger partial charge in [-0.2, -0.15) is 0 Å². The van der Waals surface area contributed by atoms with Crippen molar-refractivity contribution in [1.82, 2.24) is 5.32 Å². The van der Waals surface area contributed by atoms with Crippen LogP contribution in [-0.4, -0.2) is 13.1 Å². The Balaban J connectivity index is 2.53. The minimum absolute atomic E-state index is 1.04. The van der Waals surface area contributed by atoms with Crippen molar-refractivity contribution >= 4 is 0 Å². The molecule has 72 valence electrons. The topological polar surface area (TPSA) is 12.0 Å². The van der Waals surface area contributed by atoms with Crippen LogP contribution in [-0.2, 0) is 0 Å². The van der Waals surface area contributed by atoms with Crippen molar-refractivity contribution in [3.63, 3.8) is 0 Å². The van der Waals surface area contributed by atoms with Crippen LogP contribution in [0, 0.1) is 0 Å². The minimum Gasteiger partial charge on any atom is -0.313 e. The molecule has 0 amide bonds. The first kappa shape index (κ1) is 10.3. The van der Waals surface area contributed by atoms with Gasteiger partial charge in [-0.1, -0.05) is 29.4 Å². The van der Waals surface area contributed by atoms with E-state index in [-0.39, 0.29) is 0 Å². The van der Waals surface area contributed by atoms with Gasteiger partial charge < -0.3 is 5.32 Å². The second-order valence-electron chi connectivity index (χ2n) is 3.59. The molecule has 0 bridgehead atoms. The van der Waals surface area contributed by atoms with Gasteiger partial charge in [0.25, 0.3) is 0 Å². The maximum atomic E-state index is 3.74. The lowest BCUT2D eigenvalue weighted by Gasteiger charge is -2.11. The lowest BCUT2D eigenvalue weighted by Crippen LogP contribution is -2.19. The molecule has 1 N–H and O–H groups in total. The van der Waals surface area contributed by atoms with E-state index < -0.39 is 0 Å². The molecule has 0 saturated carbocycles. The maximum Gasteiger partial charge on any atom is 0.0167 e. The zero-order chi connectivity index (χ0) is 9.52. The second kappa shape index (κ2) is 5.76. The van der Waals surface area contributed by atoms with Gasteiger partial charge >= 0.3 is 0 Å². The Bertz CT molecular complexity index is 223. The summed E-state index contributed by atoms with van der Waals surface area (Å²) in [6.07, 6.45) is 9.88. The standard InChI is InChI=1S/C12H19N/c1-3-4-5-12-7-6-11(2)8-9-13-10-12/h3,6-7,13H,1,4-5,8-10H2,2H3. The van der Waals surface area contributed by atoms with E-state index in [4.69, 9.17) is 0 Å². The molecule has 0 aliphatic carbocycles. The van der Waals surface area contributed by atoms with Crippen LogP contribution < -0.4 is 5.32 Å². The van der Waals surface area contributed by atoms with E-state index in [9.17, 15) is 0 Å². The quantitative estimate of drug-likeness (QED) is 0.654. The van der Waals surface area contributed by atoms with Crippen molar-refractivity contribution in [3.05, 3.63) is 36.0 Å². The molecule has 1 aliphatic rings. The van der Waals surface area contributed by atoms with Crippen molar-refractivity contribution in [2.75, 3.05) is 13.1 Å². The first-order valence-electron chi connectivity index (χ1n) is 4.99. The molecule has 0 aromatic rings. The summed E-state index contributed by atoms with van der Waals surface area (Å²) in [5.41, 5.74) is 2.95. The van der Waals surface area contributed by atoms with E-state index in [2.05, 4.69) is 31.0 Å². The van der Waals surface area contributed by atoms with Gasteiger partial charge in [-0.15, -0.1) is 6.58 Å². The Morgan fingerprint density at radius 3 is 3.15 bits per heavy atom. The summed E-state index contributed by atoms with van der Waals surface area (Å²) in [5.74, 6) is 0. The van der Waals surface area contributed by atoms with Gasteiger partial charge in [-0.05, 0) is 32.7 Å². The molecule has 1 aliphatic heterocycles. The second-order valence-corrected chi connectivity index (χ2v) is 3.59. The van der Waals surface area contributed by atoms with E-state index in [0.717, 1.165) is 25.9 Å². The summed E-state index contributed by atoms with van der Waals surface area (Å²) < 4.78 is 0. The molecular weight excluding hydrogens is 158 g/mol. The number of allylic oxidation sites excluding steroid dienone is 3. The fraction of sp³-hybridized carbons (Fsp3) is 0.500. The average Bonchev–Trinajstić information content (AvgIpc) is 2.11. The molecule has 0 aromatic heterocycles. The Kier molecular flexibility index (Phi) is 4.55. The molecule has 13 heavy (non-hydrogen) atoms. The fourth-order valence-electron chi connectivity index (χ4n) is 1.40. The molecule has 1 heteroatoms. The molecule has 0 unspecified atom stereocenters. The first-order chi connectivity index (χ1) is 6.33. The highest BCUT2D eigenvalue weighted by molar-refractivity contribution is 5.19. The summed E-state index contributed by atoms with van der Waals surface area (Å²) >= 11 is 0. The van der Waals surface area contributed by atoms with Gasteiger partial charge in [-0.25, -0.2) is 0 Å². The third-order valence-electron chi connectivity index (χ3n) is 2.32. The largest absolute Gasteiger partial charge is 0.313 e. The predicted molar refractivity (Wildman–Crippen MR) is 58.8 cm³/mol. The third kappa shape index (κ3) is 4.09. The van der Waals surface area contributed by atoms with Crippen LogP contribution in [0.15, 0.2) is 36.0 Å². The normalized spacial score (nSPS) is 18.2. The van der Waals surface area contributed by atoms with Crippen LogP contribution in [0.3, 0.4) is 0 Å². The maximum absolute atomic E-state index is 3.74. The highest BCUT2D eigenvalue weighted by Gasteiger charge is 1.99. The van der Waals surface area contributed by atoms with E-state index in [1.807, 2.05) is 6.08 Å². The molecule has 1 nitrogen and oxygen atoms in total. The first-order valence-corrected chi connectivity index (χ1v) is 4.99. The Morgan fingerprint density at radius 1 is 1.54 bits per heavy atom. The van der Waals surface area contributed by atoms with Gasteiger partial charge in [0.05, 0.1) is 0 Å². The Morgan fingerprint density at radius 2 is 2.38 bits per heavy atom. The molecule has 0 spiro atoms. The van der Waals surface area contributed by atoms with Crippen molar-refractivity contribution in [2.45, 2.75) is 26.2 Å². The SMILES string of the molecule is C=CCCC1=CC=C(C)CCNC1. The van der Waals surface area contributed by atoms with Crippen LogP contribution in [0.5, 0.6) is 0 Å². The minimum atomic E-state index is 1.04. The zero-order valence-corrected chi connectivity index (χ0v) is 8.47. The van der Waals surface area contributed by atoms with Crippen molar-refractivity contribution in [1.29, 1.82) is 0 Å². The summed E-state index contributed by atoms with van der Waals surface area (Å²) in [6, 6.07) is 0. The van der Waals surface area contributed by atoms with Crippen molar-refractivity contribution in [2.24, 2.45) is 0 Å². The van der Waals surface area contributed by atoms with E-state index in [1.54, 1.807) is 0 Å². The predicted octanol–water partition coefficient (Wildman–Crippen LogP) is 2.82. The molecule has 0 radical (unpaired) electrons. The number of nitrogens with one attached hydrogen (secondary N) is 1. The molecule has 0 fully saturated rings. The lowest BCUT2D eigenvalue weighted by molar-refractivity contribution is 0.701. The van der Waals surface area contributed by atoms with Crippen LogP contribution in [0.4, 0.5) is 0 Å². The molecule has 0 aromatic carbocycles. The fourth-order valence-corrected chi connectivity index (χ4v) is 1.40. The van der Waals surface area contributed by atoms with Crippen LogP contribution >= 0.6 is 0 Å². The Labute approximate surface area is 81.2 Å². The molecular formula is C12H19N. The van der Waals surface area contributed by atoms with Crippen molar-refractivity contribution in [3.8, 4) is 0 Å². The number of hydrogen-bond acceptors (Lipinski definition) is 1. The van der Waals surface area contributed by atoms with Crippen LogP contribution in [0.1, 0.15) is 26.2 Å². The zero-order valence-electron chi connectivity index (χ0n) is 8.47. The molecule has 0 atom stereocenters. The van der Waals surface area contributed by atoms with Gasteiger partial charge in [0, 0.05) is 6.54 Å². The lowest BCUT2D eigenvalue weighted by atomic mass is 10.1. The monoisotopic (exact) mass is 177 g/mol. The van der Waals surface area contributed by atoms with Gasteiger partial charge in [0.1, 0.15) is 0 Å². The van der Waals surface area contributed by atoms with Crippen LogP contribution in [0.2, 0.25) is 0 Å². The summed E-state index contributed by atoms with van der Waals surface area (Å²) in [4.78, 5) is 0. The summed E-state index contributed by atoms with van der Waals surface area (Å²) in [6.45, 7) is 8.07. The molecule has 1 heterocycles. The van der Waals surface area contributed by atoms with E-state index in [1.165, 1.54) is 17.6 Å². The smallest absolute Gasteiger partial charge is 0.0167 e. The summed E-state index contributed by atoms with van der Waals surface area (Å²) in [5, 5.41) is 3.43. The highest BCUT2D eigenvalue weighted by Crippen LogP contribution is 2.09. The third-order valence-corrected chi connectivity index (χ3v) is 2.32. The highest BCUT2D eigenvalue weighted by atomic mass is 14.8. The van der Waals surface area contributed by atoms with Gasteiger partial charge in [0.15, 0.2) is 0 Å². The average molecular weight is 177 g/mol. The van der Waals surface area contributed by atoms with E-state index >= 15 is 0 Å². The Hall–Kier alpha value is -0.820. The van der Waals surface area contributed by atoms with Gasteiger partial charge in [0.2, 0.25) is 0 Å². The number of hydrogen-bond donors (Lipinski definition) is 1. The summed E-state index contributed by atoms with van der Waals surface area (Å²) in [7, 11) is 0. The molecule has 1 rings (SSSR count). The number of rotatable bonds is 3. The molecule has 0 saturated heterocycles. The van der Waals surface area contributed by atoms with Crippen LogP contribution in [0.25, 0.3) is 0 Å².